The number of carbonyl (C=O) groups is 2. The smallest absolute Gasteiger partial charge is 0.326 e. The van der Waals surface area contributed by atoms with E-state index in [0.29, 0.717) is 12.0 Å². The van der Waals surface area contributed by atoms with Crippen LogP contribution in [-0.4, -0.2) is 40.0 Å². The number of halogens is 1. The fourth-order valence-electron chi connectivity index (χ4n) is 3.53. The summed E-state index contributed by atoms with van der Waals surface area (Å²) < 4.78 is 0. The molecule has 0 aliphatic rings. The number of imidazole rings is 1. The SMILES string of the molecule is Cc1ccccc1-c1cc(N(C)c2c[nH]cn2)ccc1C(=O)NC(CC(C)C)C(=O)O.Cl. The Morgan fingerprint density at radius 2 is 1.88 bits per heavy atom. The summed E-state index contributed by atoms with van der Waals surface area (Å²) in [7, 11) is 1.90. The number of aryl methyl sites for hydroxylation is 1. The first kappa shape index (κ1) is 24.9. The van der Waals surface area contributed by atoms with Gasteiger partial charge in [0, 0.05) is 24.5 Å². The Balaban J connectivity index is 0.00000363. The molecule has 1 unspecified atom stereocenters. The zero-order valence-corrected chi connectivity index (χ0v) is 19.4. The molecule has 0 spiro atoms. The molecular weight excluding hydrogens is 428 g/mol. The van der Waals surface area contributed by atoms with Crippen molar-refractivity contribution in [2.75, 3.05) is 11.9 Å². The Hall–Kier alpha value is -3.32. The third-order valence-corrected chi connectivity index (χ3v) is 5.21. The summed E-state index contributed by atoms with van der Waals surface area (Å²) in [5, 5.41) is 12.2. The van der Waals surface area contributed by atoms with Crippen LogP contribution in [0, 0.1) is 12.8 Å². The molecule has 7 nitrogen and oxygen atoms in total. The monoisotopic (exact) mass is 456 g/mol. The van der Waals surface area contributed by atoms with Crippen LogP contribution in [0.3, 0.4) is 0 Å². The summed E-state index contributed by atoms with van der Waals surface area (Å²) in [6.07, 6.45) is 3.76. The van der Waals surface area contributed by atoms with Gasteiger partial charge in [-0.15, -0.1) is 12.4 Å². The van der Waals surface area contributed by atoms with Crippen molar-refractivity contribution < 1.29 is 14.7 Å². The molecule has 0 bridgehead atoms. The molecule has 1 aromatic heterocycles. The third kappa shape index (κ3) is 5.68. The van der Waals surface area contributed by atoms with E-state index in [0.717, 1.165) is 28.2 Å². The molecular formula is C24H29ClN4O3. The molecule has 170 valence electrons. The molecule has 3 aromatic rings. The predicted molar refractivity (Wildman–Crippen MR) is 129 cm³/mol. The summed E-state index contributed by atoms with van der Waals surface area (Å²) in [4.78, 5) is 33.9. The first-order valence-corrected chi connectivity index (χ1v) is 10.2. The van der Waals surface area contributed by atoms with Gasteiger partial charge in [-0.05, 0) is 54.2 Å². The van der Waals surface area contributed by atoms with E-state index < -0.39 is 17.9 Å². The van der Waals surface area contributed by atoms with E-state index in [-0.39, 0.29) is 18.3 Å². The highest BCUT2D eigenvalue weighted by atomic mass is 35.5. The van der Waals surface area contributed by atoms with Crippen molar-refractivity contribution in [3.05, 3.63) is 66.1 Å². The molecule has 0 saturated heterocycles. The number of nitrogens with one attached hydrogen (secondary N) is 2. The Labute approximate surface area is 194 Å². The lowest BCUT2D eigenvalue weighted by atomic mass is 9.94. The van der Waals surface area contributed by atoms with Gasteiger partial charge in [-0.3, -0.25) is 4.79 Å². The molecule has 0 aliphatic carbocycles. The number of aliphatic carboxylic acids is 1. The number of aromatic amines is 1. The Morgan fingerprint density at radius 1 is 1.16 bits per heavy atom. The van der Waals surface area contributed by atoms with Crippen molar-refractivity contribution in [3.8, 4) is 11.1 Å². The first-order chi connectivity index (χ1) is 14.8. The van der Waals surface area contributed by atoms with Crippen LogP contribution < -0.4 is 10.2 Å². The maximum absolute atomic E-state index is 13.2. The molecule has 3 N–H and O–H groups in total. The molecule has 0 fully saturated rings. The van der Waals surface area contributed by atoms with Crippen LogP contribution in [0.2, 0.25) is 0 Å². The van der Waals surface area contributed by atoms with Crippen LogP contribution in [0.25, 0.3) is 11.1 Å². The van der Waals surface area contributed by atoms with Crippen LogP contribution in [-0.2, 0) is 4.79 Å². The number of nitrogens with zero attached hydrogens (tertiary/aromatic N) is 2. The number of H-pyrrole nitrogens is 1. The highest BCUT2D eigenvalue weighted by Crippen LogP contribution is 2.32. The molecule has 32 heavy (non-hydrogen) atoms. The largest absolute Gasteiger partial charge is 0.480 e. The van der Waals surface area contributed by atoms with Crippen molar-refractivity contribution in [2.45, 2.75) is 33.2 Å². The van der Waals surface area contributed by atoms with Crippen LogP contribution in [0.15, 0.2) is 55.0 Å². The molecule has 8 heteroatoms. The highest BCUT2D eigenvalue weighted by Gasteiger charge is 2.24. The van der Waals surface area contributed by atoms with Crippen molar-refractivity contribution in [1.29, 1.82) is 0 Å². The highest BCUT2D eigenvalue weighted by molar-refractivity contribution is 6.03. The van der Waals surface area contributed by atoms with Gasteiger partial charge in [-0.25, -0.2) is 9.78 Å². The van der Waals surface area contributed by atoms with Crippen molar-refractivity contribution in [2.24, 2.45) is 5.92 Å². The zero-order chi connectivity index (χ0) is 22.5. The molecule has 1 amide bonds. The molecule has 0 saturated carbocycles. The van der Waals surface area contributed by atoms with Crippen LogP contribution in [0.4, 0.5) is 11.5 Å². The number of anilines is 2. The summed E-state index contributed by atoms with van der Waals surface area (Å²) in [5.41, 5.74) is 3.97. The minimum atomic E-state index is -1.03. The van der Waals surface area contributed by atoms with Crippen molar-refractivity contribution in [3.63, 3.8) is 0 Å². The lowest BCUT2D eigenvalue weighted by Crippen LogP contribution is -2.41. The molecule has 2 aromatic carbocycles. The average Bonchev–Trinajstić information content (AvgIpc) is 3.27. The Morgan fingerprint density at radius 3 is 2.47 bits per heavy atom. The van der Waals surface area contributed by atoms with E-state index in [2.05, 4.69) is 15.3 Å². The molecule has 0 aliphatic heterocycles. The lowest BCUT2D eigenvalue weighted by Gasteiger charge is -2.21. The molecule has 1 heterocycles. The number of amides is 1. The number of aromatic nitrogens is 2. The molecule has 1 atom stereocenters. The van der Waals surface area contributed by atoms with Gasteiger partial charge >= 0.3 is 5.97 Å². The minimum absolute atomic E-state index is 0. The zero-order valence-electron chi connectivity index (χ0n) is 18.6. The maximum atomic E-state index is 13.2. The van der Waals surface area contributed by atoms with Crippen LogP contribution in [0.1, 0.15) is 36.2 Å². The van der Waals surface area contributed by atoms with E-state index in [4.69, 9.17) is 0 Å². The number of rotatable bonds is 8. The van der Waals surface area contributed by atoms with E-state index in [9.17, 15) is 14.7 Å². The second-order valence-corrected chi connectivity index (χ2v) is 8.03. The standard InChI is InChI=1S/C24H28N4O3.ClH/c1-15(2)11-21(24(30)31)27-23(29)19-10-9-17(28(4)22-13-25-14-26-22)12-20(19)18-8-6-5-7-16(18)3;/h5-10,12-15,21H,11H2,1-4H3,(H,25,26)(H,27,29)(H,30,31);1H. The van der Waals surface area contributed by atoms with Crippen LogP contribution >= 0.6 is 12.4 Å². The summed E-state index contributed by atoms with van der Waals surface area (Å²) in [6, 6.07) is 12.4. The fourth-order valence-corrected chi connectivity index (χ4v) is 3.53. The van der Waals surface area contributed by atoms with Gasteiger partial charge in [-0.1, -0.05) is 38.1 Å². The lowest BCUT2D eigenvalue weighted by molar-refractivity contribution is -0.139. The number of benzene rings is 2. The Bertz CT molecular complexity index is 1070. The van der Waals surface area contributed by atoms with Crippen molar-refractivity contribution >= 4 is 35.8 Å². The number of hydrogen-bond donors (Lipinski definition) is 3. The van der Waals surface area contributed by atoms with E-state index in [1.807, 2.05) is 69.1 Å². The van der Waals surface area contributed by atoms with E-state index in [1.54, 1.807) is 18.6 Å². The maximum Gasteiger partial charge on any atom is 0.326 e. The third-order valence-electron chi connectivity index (χ3n) is 5.21. The van der Waals surface area contributed by atoms with Gasteiger partial charge in [0.05, 0.1) is 6.33 Å². The molecule has 0 radical (unpaired) electrons. The predicted octanol–water partition coefficient (Wildman–Crippen LogP) is 4.80. The fraction of sp³-hybridized carbons (Fsp3) is 0.292. The minimum Gasteiger partial charge on any atom is -0.480 e. The summed E-state index contributed by atoms with van der Waals surface area (Å²) >= 11 is 0. The van der Waals surface area contributed by atoms with Crippen LogP contribution in [0.5, 0.6) is 0 Å². The van der Waals surface area contributed by atoms with Gasteiger partial charge < -0.3 is 20.3 Å². The topological polar surface area (TPSA) is 98.3 Å². The second-order valence-electron chi connectivity index (χ2n) is 8.03. The van der Waals surface area contributed by atoms with Gasteiger partial charge in [0.1, 0.15) is 6.04 Å². The van der Waals surface area contributed by atoms with Gasteiger partial charge in [-0.2, -0.15) is 0 Å². The first-order valence-electron chi connectivity index (χ1n) is 10.2. The summed E-state index contributed by atoms with van der Waals surface area (Å²) in [5.74, 6) is -0.549. The Kier molecular flexibility index (Phi) is 8.43. The second kappa shape index (κ2) is 10.8. The normalized spacial score (nSPS) is 11.5. The quantitative estimate of drug-likeness (QED) is 0.452. The van der Waals surface area contributed by atoms with Crippen molar-refractivity contribution in [1.82, 2.24) is 15.3 Å². The number of hydrogen-bond acceptors (Lipinski definition) is 4. The van der Waals surface area contributed by atoms with E-state index >= 15 is 0 Å². The summed E-state index contributed by atoms with van der Waals surface area (Å²) in [6.45, 7) is 5.85. The number of carboxylic acid groups (broad SMARTS) is 1. The van der Waals surface area contributed by atoms with E-state index in [1.165, 1.54) is 0 Å². The number of carbonyl (C=O) groups excluding carboxylic acids is 1. The molecule has 3 rings (SSSR count). The average molecular weight is 457 g/mol. The number of carboxylic acids is 1. The van der Waals surface area contributed by atoms with Gasteiger partial charge in [0.15, 0.2) is 5.82 Å². The van der Waals surface area contributed by atoms with Gasteiger partial charge in [0.25, 0.3) is 5.91 Å². The van der Waals surface area contributed by atoms with Gasteiger partial charge in [0.2, 0.25) is 0 Å².